The molecule has 0 radical (unpaired) electrons. The van der Waals surface area contributed by atoms with E-state index in [1.165, 1.54) is 0 Å². The molecule has 0 aliphatic carbocycles. The van der Waals surface area contributed by atoms with Crippen molar-refractivity contribution in [2.24, 2.45) is 5.92 Å². The molecule has 1 unspecified atom stereocenters. The number of amides is 1. The fourth-order valence-electron chi connectivity index (χ4n) is 1.77. The average molecular weight is 279 g/mol. The van der Waals surface area contributed by atoms with E-state index in [1.54, 1.807) is 14.0 Å². The maximum absolute atomic E-state index is 11.4. The second-order valence-electron chi connectivity index (χ2n) is 4.59. The second-order valence-corrected chi connectivity index (χ2v) is 4.59. The Bertz CT molecular complexity index is 442. The highest BCUT2D eigenvalue weighted by Gasteiger charge is 2.15. The molecule has 0 saturated heterocycles. The van der Waals surface area contributed by atoms with Crippen molar-refractivity contribution < 1.29 is 19.1 Å². The van der Waals surface area contributed by atoms with Gasteiger partial charge >= 0.3 is 11.9 Å². The molecule has 1 aromatic carbocycles. The van der Waals surface area contributed by atoms with Gasteiger partial charge in [0.15, 0.2) is 0 Å². The van der Waals surface area contributed by atoms with Crippen LogP contribution in [0.5, 0.6) is 5.75 Å². The molecule has 0 aliphatic heterocycles. The zero-order valence-corrected chi connectivity index (χ0v) is 12.1. The van der Waals surface area contributed by atoms with Crippen LogP contribution in [0.4, 0.5) is 0 Å². The van der Waals surface area contributed by atoms with Crippen molar-refractivity contribution in [3.05, 3.63) is 29.8 Å². The third kappa shape index (κ3) is 5.30. The lowest BCUT2D eigenvalue weighted by Crippen LogP contribution is -2.35. The Morgan fingerprint density at radius 2 is 1.90 bits per heavy atom. The lowest BCUT2D eigenvalue weighted by atomic mass is 10.0. The summed E-state index contributed by atoms with van der Waals surface area (Å²) in [5.41, 5.74) is 1.16. The fraction of sp³-hybridized carbons (Fsp3) is 0.467. The average Bonchev–Trinajstić information content (AvgIpc) is 2.45. The molecule has 0 aromatic heterocycles. The number of rotatable bonds is 6. The predicted octanol–water partition coefficient (Wildman–Crippen LogP) is 1.55. The molecule has 0 aliphatic rings. The quantitative estimate of drug-likeness (QED) is 0.634. The van der Waals surface area contributed by atoms with Gasteiger partial charge in [0.2, 0.25) is 0 Å². The van der Waals surface area contributed by atoms with Crippen LogP contribution >= 0.6 is 0 Å². The molecular weight excluding hydrogens is 258 g/mol. The number of hydrogen-bond acceptors (Lipinski definition) is 4. The summed E-state index contributed by atoms with van der Waals surface area (Å²) >= 11 is 0. The molecular formula is C15H21NO4. The topological polar surface area (TPSA) is 64.6 Å². The Labute approximate surface area is 119 Å². The van der Waals surface area contributed by atoms with E-state index in [-0.39, 0.29) is 12.5 Å². The summed E-state index contributed by atoms with van der Waals surface area (Å²) in [5.74, 6) is -0.476. The Morgan fingerprint density at radius 1 is 1.25 bits per heavy atom. The van der Waals surface area contributed by atoms with Crippen LogP contribution in [0.15, 0.2) is 24.3 Å². The Kier molecular flexibility index (Phi) is 6.56. The first-order valence-electron chi connectivity index (χ1n) is 6.64. The van der Waals surface area contributed by atoms with Gasteiger partial charge < -0.3 is 14.8 Å². The number of nitrogens with one attached hydrogen (secondary N) is 1. The Balaban J connectivity index is 2.37. The largest absolute Gasteiger partial charge is 0.497 e. The van der Waals surface area contributed by atoms with Crippen molar-refractivity contribution in [3.63, 3.8) is 0 Å². The van der Waals surface area contributed by atoms with Crippen molar-refractivity contribution in [1.82, 2.24) is 5.32 Å². The smallest absolute Gasteiger partial charge is 0.396 e. The summed E-state index contributed by atoms with van der Waals surface area (Å²) in [5, 5.41) is 2.57. The third-order valence-corrected chi connectivity index (χ3v) is 2.82. The van der Waals surface area contributed by atoms with Gasteiger partial charge in [-0.2, -0.15) is 0 Å². The van der Waals surface area contributed by atoms with Crippen LogP contribution in [0, 0.1) is 5.92 Å². The molecule has 1 rings (SSSR count). The molecule has 5 heteroatoms. The highest BCUT2D eigenvalue weighted by atomic mass is 16.5. The van der Waals surface area contributed by atoms with Gasteiger partial charge in [-0.15, -0.1) is 0 Å². The van der Waals surface area contributed by atoms with Gasteiger partial charge in [0, 0.05) is 6.54 Å². The van der Waals surface area contributed by atoms with Crippen LogP contribution in [-0.2, 0) is 20.7 Å². The molecule has 0 spiro atoms. The van der Waals surface area contributed by atoms with Crippen LogP contribution in [-0.4, -0.2) is 32.1 Å². The fourth-order valence-corrected chi connectivity index (χ4v) is 1.77. The summed E-state index contributed by atoms with van der Waals surface area (Å²) in [6, 6.07) is 7.78. The highest BCUT2D eigenvalue weighted by molar-refractivity contribution is 6.32. The van der Waals surface area contributed by atoms with Gasteiger partial charge in [0.1, 0.15) is 5.75 Å². The normalized spacial score (nSPS) is 11.6. The minimum absolute atomic E-state index is 0.202. The lowest BCUT2D eigenvalue weighted by Gasteiger charge is -2.12. The van der Waals surface area contributed by atoms with E-state index in [0.29, 0.717) is 6.54 Å². The van der Waals surface area contributed by atoms with E-state index in [2.05, 4.69) is 10.1 Å². The number of carbonyl (C=O) groups excluding carboxylic acids is 2. The summed E-state index contributed by atoms with van der Waals surface area (Å²) in [6.45, 7) is 4.31. The van der Waals surface area contributed by atoms with Gasteiger partial charge in [-0.3, -0.25) is 4.79 Å². The van der Waals surface area contributed by atoms with Crippen molar-refractivity contribution in [2.45, 2.75) is 20.3 Å². The molecule has 1 atom stereocenters. The molecule has 1 amide bonds. The van der Waals surface area contributed by atoms with Crippen molar-refractivity contribution in [3.8, 4) is 5.75 Å². The standard InChI is InChI=1S/C15H21NO4/c1-4-20-15(18)14(17)16-10-11(2)9-12-5-7-13(19-3)8-6-12/h5-8,11H,4,9-10H2,1-3H3,(H,16,17). The van der Waals surface area contributed by atoms with Crippen LogP contribution in [0.2, 0.25) is 0 Å². The van der Waals surface area contributed by atoms with E-state index < -0.39 is 11.9 Å². The molecule has 0 bridgehead atoms. The first-order chi connectivity index (χ1) is 9.56. The van der Waals surface area contributed by atoms with E-state index in [0.717, 1.165) is 17.7 Å². The minimum Gasteiger partial charge on any atom is -0.497 e. The monoisotopic (exact) mass is 279 g/mol. The van der Waals surface area contributed by atoms with Gasteiger partial charge in [0.05, 0.1) is 13.7 Å². The van der Waals surface area contributed by atoms with Crippen molar-refractivity contribution in [2.75, 3.05) is 20.3 Å². The van der Waals surface area contributed by atoms with Gasteiger partial charge in [-0.05, 0) is 37.0 Å². The van der Waals surface area contributed by atoms with Crippen LogP contribution < -0.4 is 10.1 Å². The first kappa shape index (κ1) is 16.0. The molecule has 110 valence electrons. The second kappa shape index (κ2) is 8.19. The van der Waals surface area contributed by atoms with E-state index >= 15 is 0 Å². The lowest BCUT2D eigenvalue weighted by molar-refractivity contribution is -0.154. The molecule has 0 heterocycles. The maximum Gasteiger partial charge on any atom is 0.396 e. The summed E-state index contributed by atoms with van der Waals surface area (Å²) < 4.78 is 9.71. The van der Waals surface area contributed by atoms with Gasteiger partial charge in [-0.25, -0.2) is 4.79 Å². The van der Waals surface area contributed by atoms with E-state index in [4.69, 9.17) is 4.74 Å². The molecule has 1 N–H and O–H groups in total. The van der Waals surface area contributed by atoms with Gasteiger partial charge in [0.25, 0.3) is 0 Å². The van der Waals surface area contributed by atoms with Crippen molar-refractivity contribution >= 4 is 11.9 Å². The SMILES string of the molecule is CCOC(=O)C(=O)NCC(C)Cc1ccc(OC)cc1. The number of ether oxygens (including phenoxy) is 2. The number of methoxy groups -OCH3 is 1. The summed E-state index contributed by atoms with van der Waals surface area (Å²) in [7, 11) is 1.63. The van der Waals surface area contributed by atoms with E-state index in [1.807, 2.05) is 31.2 Å². The van der Waals surface area contributed by atoms with Crippen LogP contribution in [0.3, 0.4) is 0 Å². The van der Waals surface area contributed by atoms with E-state index in [9.17, 15) is 9.59 Å². The predicted molar refractivity (Wildman–Crippen MR) is 75.5 cm³/mol. The number of esters is 1. The van der Waals surface area contributed by atoms with Gasteiger partial charge in [-0.1, -0.05) is 19.1 Å². The number of benzene rings is 1. The number of hydrogen-bond donors (Lipinski definition) is 1. The van der Waals surface area contributed by atoms with Crippen LogP contribution in [0.1, 0.15) is 19.4 Å². The molecule has 0 fully saturated rings. The molecule has 1 aromatic rings. The Morgan fingerprint density at radius 3 is 2.45 bits per heavy atom. The third-order valence-electron chi connectivity index (χ3n) is 2.82. The maximum atomic E-state index is 11.4. The highest BCUT2D eigenvalue weighted by Crippen LogP contribution is 2.14. The minimum atomic E-state index is -0.829. The summed E-state index contributed by atoms with van der Waals surface area (Å²) in [4.78, 5) is 22.5. The van der Waals surface area contributed by atoms with Crippen molar-refractivity contribution in [1.29, 1.82) is 0 Å². The first-order valence-corrected chi connectivity index (χ1v) is 6.64. The number of carbonyl (C=O) groups is 2. The van der Waals surface area contributed by atoms with Crippen LogP contribution in [0.25, 0.3) is 0 Å². The molecule has 0 saturated carbocycles. The zero-order valence-electron chi connectivity index (χ0n) is 12.1. The molecule has 5 nitrogen and oxygen atoms in total. The zero-order chi connectivity index (χ0) is 15.0. The molecule has 20 heavy (non-hydrogen) atoms. The summed E-state index contributed by atoms with van der Waals surface area (Å²) in [6.07, 6.45) is 0.813. The Hall–Kier alpha value is -2.04.